The van der Waals surface area contributed by atoms with Crippen molar-refractivity contribution in [2.24, 2.45) is 11.3 Å². The monoisotopic (exact) mass is 448 g/mol. The number of alkyl halides is 3. The summed E-state index contributed by atoms with van der Waals surface area (Å²) in [6.45, 7) is 4.87. The molecule has 1 spiro atoms. The van der Waals surface area contributed by atoms with Gasteiger partial charge in [0.2, 0.25) is 5.91 Å². The molecule has 2 N–H and O–H groups in total. The zero-order valence-electron chi connectivity index (χ0n) is 16.6. The molecule has 1 amide bonds. The van der Waals surface area contributed by atoms with Crippen molar-refractivity contribution in [2.75, 3.05) is 26.3 Å². The second kappa shape index (κ2) is 9.65. The van der Waals surface area contributed by atoms with Gasteiger partial charge in [-0.1, -0.05) is 0 Å². The lowest BCUT2D eigenvalue weighted by atomic mass is 9.69. The Labute approximate surface area is 177 Å². The van der Waals surface area contributed by atoms with E-state index in [1.54, 1.807) is 11.3 Å². The Bertz CT molecular complexity index is 714. The summed E-state index contributed by atoms with van der Waals surface area (Å²) in [6.07, 6.45) is 0.503. The lowest BCUT2D eigenvalue weighted by Gasteiger charge is -2.49. The van der Waals surface area contributed by atoms with E-state index in [4.69, 9.17) is 14.6 Å². The van der Waals surface area contributed by atoms with Crippen molar-refractivity contribution in [3.63, 3.8) is 0 Å². The van der Waals surface area contributed by atoms with Crippen LogP contribution in [0.5, 0.6) is 0 Å². The lowest BCUT2D eigenvalue weighted by molar-refractivity contribution is -0.192. The standard InChI is InChI=1S/C18H26N2O2S.C2HF3O2/c21-17(15-1-2-15)19-16-12-22-9-6-18(16)4-7-20(8-5-18)11-14-3-10-23-13-14;3-2(4,5)1(6)7/h3,10,13,15-16H,1-2,4-9,11-12H2,(H,19,21);(H,6,7). The number of carbonyl (C=O) groups excluding carboxylic acids is 1. The summed E-state index contributed by atoms with van der Waals surface area (Å²) >= 11 is 1.77. The molecule has 10 heteroatoms. The van der Waals surface area contributed by atoms with Crippen molar-refractivity contribution in [2.45, 2.75) is 50.9 Å². The summed E-state index contributed by atoms with van der Waals surface area (Å²) in [5.74, 6) is -2.21. The molecule has 1 aliphatic carbocycles. The Balaban J connectivity index is 0.000000318. The van der Waals surface area contributed by atoms with Gasteiger partial charge < -0.3 is 15.2 Å². The second-order valence-electron chi connectivity index (χ2n) is 8.23. The third kappa shape index (κ3) is 6.18. The summed E-state index contributed by atoms with van der Waals surface area (Å²) < 4.78 is 37.4. The number of amides is 1. The normalized spacial score (nSPS) is 24.0. The van der Waals surface area contributed by atoms with Crippen molar-refractivity contribution in [1.82, 2.24) is 10.2 Å². The van der Waals surface area contributed by atoms with Crippen molar-refractivity contribution in [3.8, 4) is 0 Å². The number of halogens is 3. The highest BCUT2D eigenvalue weighted by molar-refractivity contribution is 7.07. The molecule has 2 aliphatic heterocycles. The van der Waals surface area contributed by atoms with Gasteiger partial charge in [-0.25, -0.2) is 4.79 Å². The molecular formula is C20H27F3N2O4S. The van der Waals surface area contributed by atoms with Gasteiger partial charge in [-0.15, -0.1) is 0 Å². The van der Waals surface area contributed by atoms with Gasteiger partial charge in [0.05, 0.1) is 12.6 Å². The number of carboxylic acid groups (broad SMARTS) is 1. The minimum absolute atomic E-state index is 0.215. The molecule has 1 atom stereocenters. The Kier molecular flexibility index (Phi) is 7.41. The minimum Gasteiger partial charge on any atom is -0.475 e. The topological polar surface area (TPSA) is 78.9 Å². The van der Waals surface area contributed by atoms with Crippen molar-refractivity contribution >= 4 is 23.2 Å². The van der Waals surface area contributed by atoms with Gasteiger partial charge in [-0.05, 0) is 73.0 Å². The Morgan fingerprint density at radius 2 is 1.93 bits per heavy atom. The first kappa shape index (κ1) is 23.0. The Hall–Kier alpha value is -1.65. The highest BCUT2D eigenvalue weighted by Crippen LogP contribution is 2.42. The highest BCUT2D eigenvalue weighted by atomic mass is 32.1. The summed E-state index contributed by atoms with van der Waals surface area (Å²) in [6, 6.07) is 2.44. The molecule has 3 heterocycles. The Morgan fingerprint density at radius 1 is 1.27 bits per heavy atom. The summed E-state index contributed by atoms with van der Waals surface area (Å²) in [5, 5.41) is 14.8. The maximum absolute atomic E-state index is 12.2. The SMILES string of the molecule is O=C(NC1COCCC12CCN(Cc1ccsc1)CC2)C1CC1.O=C(O)C(F)(F)F. The molecule has 0 radical (unpaired) electrons. The fourth-order valence-electron chi connectivity index (χ4n) is 4.05. The number of nitrogens with zero attached hydrogens (tertiary/aromatic N) is 1. The molecule has 0 aromatic carbocycles. The second-order valence-corrected chi connectivity index (χ2v) is 9.01. The number of rotatable bonds is 4. The van der Waals surface area contributed by atoms with Gasteiger partial charge in [0.15, 0.2) is 0 Å². The molecular weight excluding hydrogens is 421 g/mol. The number of carboxylic acids is 1. The fourth-order valence-corrected chi connectivity index (χ4v) is 4.71. The van der Waals surface area contributed by atoms with Gasteiger partial charge in [0, 0.05) is 19.1 Å². The Morgan fingerprint density at radius 3 is 2.47 bits per heavy atom. The molecule has 2 saturated heterocycles. The van der Waals surface area contributed by atoms with Gasteiger partial charge >= 0.3 is 12.1 Å². The number of carbonyl (C=O) groups is 2. The van der Waals surface area contributed by atoms with E-state index in [0.717, 1.165) is 45.5 Å². The van der Waals surface area contributed by atoms with Crippen LogP contribution in [0.15, 0.2) is 16.8 Å². The number of likely N-dealkylation sites (tertiary alicyclic amines) is 1. The van der Waals surface area contributed by atoms with Crippen LogP contribution in [-0.2, 0) is 20.9 Å². The van der Waals surface area contributed by atoms with Crippen LogP contribution in [0.1, 0.15) is 37.7 Å². The molecule has 168 valence electrons. The van der Waals surface area contributed by atoms with Crippen molar-refractivity contribution in [1.29, 1.82) is 0 Å². The first-order chi connectivity index (χ1) is 14.2. The van der Waals surface area contributed by atoms with E-state index in [1.807, 2.05) is 0 Å². The number of hydrogen-bond acceptors (Lipinski definition) is 5. The predicted octanol–water partition coefficient (Wildman–Crippen LogP) is 3.28. The molecule has 1 aromatic rings. The van der Waals surface area contributed by atoms with E-state index < -0.39 is 12.1 Å². The number of piperidine rings is 1. The van der Waals surface area contributed by atoms with E-state index >= 15 is 0 Å². The quantitative estimate of drug-likeness (QED) is 0.739. The summed E-state index contributed by atoms with van der Waals surface area (Å²) in [7, 11) is 0. The first-order valence-corrected chi connectivity index (χ1v) is 11.1. The maximum Gasteiger partial charge on any atom is 0.490 e. The molecule has 1 unspecified atom stereocenters. The maximum atomic E-state index is 12.2. The van der Waals surface area contributed by atoms with Crippen LogP contribution in [0.25, 0.3) is 0 Å². The first-order valence-electron chi connectivity index (χ1n) is 10.1. The number of hydrogen-bond donors (Lipinski definition) is 2. The van der Waals surface area contributed by atoms with E-state index in [2.05, 4.69) is 27.0 Å². The largest absolute Gasteiger partial charge is 0.490 e. The third-order valence-electron chi connectivity index (χ3n) is 6.11. The molecule has 4 rings (SSSR count). The number of aliphatic carboxylic acids is 1. The van der Waals surface area contributed by atoms with E-state index in [1.165, 1.54) is 18.4 Å². The van der Waals surface area contributed by atoms with E-state index in [0.29, 0.717) is 6.61 Å². The van der Waals surface area contributed by atoms with Crippen LogP contribution in [0.4, 0.5) is 13.2 Å². The van der Waals surface area contributed by atoms with E-state index in [9.17, 15) is 18.0 Å². The average Bonchev–Trinajstić information content (AvgIpc) is 3.43. The molecule has 0 bridgehead atoms. The molecule has 3 aliphatic rings. The summed E-state index contributed by atoms with van der Waals surface area (Å²) in [4.78, 5) is 23.7. The van der Waals surface area contributed by atoms with E-state index in [-0.39, 0.29) is 23.3 Å². The smallest absolute Gasteiger partial charge is 0.475 e. The van der Waals surface area contributed by atoms with Gasteiger partial charge in [-0.2, -0.15) is 24.5 Å². The third-order valence-corrected chi connectivity index (χ3v) is 6.85. The van der Waals surface area contributed by atoms with Gasteiger partial charge in [-0.3, -0.25) is 9.69 Å². The number of ether oxygens (including phenoxy) is 1. The molecule has 1 aromatic heterocycles. The summed E-state index contributed by atoms with van der Waals surface area (Å²) in [5.41, 5.74) is 1.69. The van der Waals surface area contributed by atoms with Crippen LogP contribution >= 0.6 is 11.3 Å². The van der Waals surface area contributed by atoms with Crippen LogP contribution < -0.4 is 5.32 Å². The van der Waals surface area contributed by atoms with Crippen molar-refractivity contribution < 1.29 is 32.6 Å². The molecule has 6 nitrogen and oxygen atoms in total. The van der Waals surface area contributed by atoms with Crippen LogP contribution in [0.3, 0.4) is 0 Å². The van der Waals surface area contributed by atoms with Gasteiger partial charge in [0.1, 0.15) is 0 Å². The molecule has 30 heavy (non-hydrogen) atoms. The zero-order chi connectivity index (χ0) is 21.8. The molecule has 1 saturated carbocycles. The van der Waals surface area contributed by atoms with Crippen LogP contribution in [-0.4, -0.2) is 60.4 Å². The highest BCUT2D eigenvalue weighted by Gasteiger charge is 2.45. The lowest BCUT2D eigenvalue weighted by Crippen LogP contribution is -2.57. The minimum atomic E-state index is -5.08. The number of thiophene rings is 1. The van der Waals surface area contributed by atoms with Crippen LogP contribution in [0.2, 0.25) is 0 Å². The zero-order valence-corrected chi connectivity index (χ0v) is 17.4. The fraction of sp³-hybridized carbons (Fsp3) is 0.700. The molecule has 3 fully saturated rings. The number of nitrogens with one attached hydrogen (secondary N) is 1. The average molecular weight is 449 g/mol. The van der Waals surface area contributed by atoms with Crippen LogP contribution in [0, 0.1) is 11.3 Å². The van der Waals surface area contributed by atoms with Gasteiger partial charge in [0.25, 0.3) is 0 Å². The predicted molar refractivity (Wildman–Crippen MR) is 105 cm³/mol. The van der Waals surface area contributed by atoms with Crippen molar-refractivity contribution in [3.05, 3.63) is 22.4 Å².